The maximum Gasteiger partial charge on any atom is 0.305 e. The second kappa shape index (κ2) is 35.7. The molecular weight excluding hydrogens is 622 g/mol. The molecule has 1 heterocycles. The van der Waals surface area contributed by atoms with Gasteiger partial charge in [0.25, 0.3) is 0 Å². The molecule has 6 nitrogen and oxygen atoms in total. The van der Waals surface area contributed by atoms with E-state index >= 15 is 0 Å². The van der Waals surface area contributed by atoms with Crippen LogP contribution in [0, 0.1) is 0 Å². The highest BCUT2D eigenvalue weighted by molar-refractivity contribution is 5.69. The van der Waals surface area contributed by atoms with Crippen molar-refractivity contribution < 1.29 is 28.3 Å². The number of carbonyl (C=O) groups is 2. The van der Waals surface area contributed by atoms with Gasteiger partial charge in [0.1, 0.15) is 39.4 Å². The number of nitrogens with zero attached hydrogens (tertiary/aromatic N) is 1. The molecule has 0 bridgehead atoms. The van der Waals surface area contributed by atoms with Gasteiger partial charge < -0.3 is 18.7 Å². The molecule has 0 aromatic heterocycles. The van der Waals surface area contributed by atoms with Gasteiger partial charge in [0.05, 0.1) is 13.2 Å². The molecule has 50 heavy (non-hydrogen) atoms. The van der Waals surface area contributed by atoms with E-state index < -0.39 is 0 Å². The fraction of sp³-hybridized carbons (Fsp3) is 0.864. The molecule has 6 heteroatoms. The van der Waals surface area contributed by atoms with E-state index in [-0.39, 0.29) is 11.9 Å². The highest BCUT2D eigenvalue weighted by Gasteiger charge is 2.31. The molecule has 292 valence electrons. The molecule has 0 unspecified atom stereocenters. The number of ether oxygens (including phenoxy) is 3. The predicted molar refractivity (Wildman–Crippen MR) is 211 cm³/mol. The van der Waals surface area contributed by atoms with Crippen LogP contribution < -0.4 is 0 Å². The van der Waals surface area contributed by atoms with E-state index in [1.807, 2.05) is 0 Å². The number of carbonyl (C=O) groups excluding carboxylic acids is 2. The van der Waals surface area contributed by atoms with Crippen LogP contribution in [0.25, 0.3) is 0 Å². The average molecular weight is 705 g/mol. The van der Waals surface area contributed by atoms with E-state index in [1.165, 1.54) is 141 Å². The molecule has 1 saturated heterocycles. The first-order valence-corrected chi connectivity index (χ1v) is 21.7. The fourth-order valence-corrected chi connectivity index (χ4v) is 6.82. The second-order valence-corrected chi connectivity index (χ2v) is 15.0. The van der Waals surface area contributed by atoms with E-state index in [0.29, 0.717) is 39.3 Å². The minimum atomic E-state index is -0.0829. The summed E-state index contributed by atoms with van der Waals surface area (Å²) in [6, 6.07) is 0. The van der Waals surface area contributed by atoms with Crippen molar-refractivity contribution in [2.45, 2.75) is 194 Å². The smallest absolute Gasteiger partial charge is 0.305 e. The van der Waals surface area contributed by atoms with Gasteiger partial charge in [-0.25, -0.2) is 0 Å². The van der Waals surface area contributed by atoms with Gasteiger partial charge >= 0.3 is 11.9 Å². The largest absolute Gasteiger partial charge is 0.460 e. The van der Waals surface area contributed by atoms with Crippen molar-refractivity contribution in [3.05, 3.63) is 24.3 Å². The molecule has 0 aromatic carbocycles. The molecular formula is C44H82NO5+. The van der Waals surface area contributed by atoms with Gasteiger partial charge in [0.2, 0.25) is 0 Å². The first-order valence-electron chi connectivity index (χ1n) is 21.7. The van der Waals surface area contributed by atoms with Crippen LogP contribution in [0.4, 0.5) is 0 Å². The Balaban J connectivity index is 2.02. The molecule has 1 fully saturated rings. The van der Waals surface area contributed by atoms with Gasteiger partial charge in [-0.05, 0) is 64.2 Å². The SMILES string of the molecule is CCCCCCCCC=CCCCCCCCC(=O)OCC[N+]1(CCOC(=O)CCCCCCCC=CCCCCCCCC)CCOCC1. The number of hydrogen-bond acceptors (Lipinski definition) is 5. The normalized spacial score (nSPS) is 14.5. The van der Waals surface area contributed by atoms with Crippen LogP contribution in [0.5, 0.6) is 0 Å². The molecule has 0 aliphatic carbocycles. The summed E-state index contributed by atoms with van der Waals surface area (Å²) < 4.78 is 17.7. The number of hydrogen-bond donors (Lipinski definition) is 0. The van der Waals surface area contributed by atoms with E-state index in [2.05, 4.69) is 38.2 Å². The Morgan fingerprint density at radius 1 is 0.480 bits per heavy atom. The lowest BCUT2D eigenvalue weighted by atomic mass is 10.1. The van der Waals surface area contributed by atoms with Crippen molar-refractivity contribution in [3.8, 4) is 0 Å². The summed E-state index contributed by atoms with van der Waals surface area (Å²) in [6.45, 7) is 10.0. The van der Waals surface area contributed by atoms with E-state index in [0.717, 1.165) is 56.3 Å². The Kier molecular flexibility index (Phi) is 33.1. The van der Waals surface area contributed by atoms with Crippen LogP contribution in [-0.2, 0) is 23.8 Å². The monoisotopic (exact) mass is 705 g/mol. The summed E-state index contributed by atoms with van der Waals surface area (Å²) in [5.74, 6) is -0.166. The molecule has 0 radical (unpaired) electrons. The number of morpholine rings is 1. The molecule has 0 aromatic rings. The molecule has 0 atom stereocenters. The number of allylic oxidation sites excluding steroid dienone is 4. The maximum absolute atomic E-state index is 12.4. The van der Waals surface area contributed by atoms with Crippen LogP contribution in [-0.4, -0.2) is 69.0 Å². The van der Waals surface area contributed by atoms with Crippen LogP contribution in [0.15, 0.2) is 24.3 Å². The Labute approximate surface area is 310 Å². The van der Waals surface area contributed by atoms with Gasteiger partial charge in [0, 0.05) is 12.8 Å². The summed E-state index contributed by atoms with van der Waals surface area (Å²) >= 11 is 0. The van der Waals surface area contributed by atoms with Crippen molar-refractivity contribution in [2.75, 3.05) is 52.6 Å². The highest BCUT2D eigenvalue weighted by atomic mass is 16.5. The summed E-state index contributed by atoms with van der Waals surface area (Å²) in [4.78, 5) is 24.7. The van der Waals surface area contributed by atoms with Crippen LogP contribution in [0.3, 0.4) is 0 Å². The van der Waals surface area contributed by atoms with E-state index in [4.69, 9.17) is 14.2 Å². The minimum absolute atomic E-state index is 0.0829. The molecule has 0 spiro atoms. The molecule has 0 N–H and O–H groups in total. The topological polar surface area (TPSA) is 61.8 Å². The second-order valence-electron chi connectivity index (χ2n) is 15.0. The van der Waals surface area contributed by atoms with Gasteiger partial charge in [-0.3, -0.25) is 9.59 Å². The Morgan fingerprint density at radius 2 is 0.800 bits per heavy atom. The molecule has 0 saturated carbocycles. The summed E-state index contributed by atoms with van der Waals surface area (Å²) in [7, 11) is 0. The first kappa shape index (κ1) is 46.4. The lowest BCUT2D eigenvalue weighted by Crippen LogP contribution is -2.58. The molecule has 1 rings (SSSR count). The van der Waals surface area contributed by atoms with Crippen molar-refractivity contribution >= 4 is 11.9 Å². The third-order valence-corrected chi connectivity index (χ3v) is 10.4. The minimum Gasteiger partial charge on any atom is -0.460 e. The van der Waals surface area contributed by atoms with Crippen LogP contribution in [0.1, 0.15) is 194 Å². The lowest BCUT2D eigenvalue weighted by Gasteiger charge is -2.40. The standard InChI is InChI=1S/C44H82NO5/c1-3-5-7-9-11-13-15-17-19-21-23-25-27-29-31-33-43(46)49-41-37-45(35-39-48-40-36-45)38-42-50-44(47)34-32-30-28-26-24-22-20-18-16-14-12-10-8-6-4-2/h17-20H,3-16,21-42H2,1-2H3/q+1. The van der Waals surface area contributed by atoms with E-state index in [1.54, 1.807) is 0 Å². The van der Waals surface area contributed by atoms with Gasteiger partial charge in [-0.15, -0.1) is 0 Å². The Bertz CT molecular complexity index is 759. The zero-order valence-electron chi connectivity index (χ0n) is 33.3. The molecule has 1 aliphatic heterocycles. The zero-order chi connectivity index (χ0) is 36.1. The third kappa shape index (κ3) is 30.0. The van der Waals surface area contributed by atoms with Crippen LogP contribution >= 0.6 is 0 Å². The average Bonchev–Trinajstić information content (AvgIpc) is 3.12. The van der Waals surface area contributed by atoms with Crippen LogP contribution in [0.2, 0.25) is 0 Å². The Morgan fingerprint density at radius 3 is 1.16 bits per heavy atom. The lowest BCUT2D eigenvalue weighted by molar-refractivity contribution is -0.935. The summed E-state index contributed by atoms with van der Waals surface area (Å²) in [5.41, 5.74) is 0. The highest BCUT2D eigenvalue weighted by Crippen LogP contribution is 2.14. The number of esters is 2. The van der Waals surface area contributed by atoms with Crippen molar-refractivity contribution in [3.63, 3.8) is 0 Å². The maximum atomic E-state index is 12.4. The van der Waals surface area contributed by atoms with Crippen molar-refractivity contribution in [1.29, 1.82) is 0 Å². The third-order valence-electron chi connectivity index (χ3n) is 10.4. The van der Waals surface area contributed by atoms with E-state index in [9.17, 15) is 9.59 Å². The zero-order valence-corrected chi connectivity index (χ0v) is 33.3. The van der Waals surface area contributed by atoms with Gasteiger partial charge in [-0.2, -0.15) is 0 Å². The number of rotatable bonds is 36. The fourth-order valence-electron chi connectivity index (χ4n) is 6.82. The van der Waals surface area contributed by atoms with Crippen molar-refractivity contribution in [2.24, 2.45) is 0 Å². The number of unbranched alkanes of at least 4 members (excludes halogenated alkanes) is 22. The molecule has 1 aliphatic rings. The summed E-state index contributed by atoms with van der Waals surface area (Å²) in [5, 5.41) is 0. The summed E-state index contributed by atoms with van der Waals surface area (Å²) in [6.07, 6.45) is 43.0. The van der Waals surface area contributed by atoms with Crippen molar-refractivity contribution in [1.82, 2.24) is 0 Å². The Hall–Kier alpha value is -1.66. The molecule has 0 amide bonds. The number of quaternary nitrogens is 1. The van der Waals surface area contributed by atoms with Gasteiger partial charge in [-0.1, -0.05) is 141 Å². The predicted octanol–water partition coefficient (Wildman–Crippen LogP) is 12.0. The van der Waals surface area contributed by atoms with Gasteiger partial charge in [0.15, 0.2) is 0 Å². The quantitative estimate of drug-likeness (QED) is 0.0281. The first-order chi connectivity index (χ1) is 24.6.